The van der Waals surface area contributed by atoms with Gasteiger partial charge in [-0.15, -0.1) is 0 Å². The normalized spacial score (nSPS) is 12.5. The summed E-state index contributed by atoms with van der Waals surface area (Å²) >= 11 is -2.04. The number of nitrogens with one attached hydrogen (secondary N) is 2. The third kappa shape index (κ3) is 2.49. The molecule has 1 heterocycles. The Hall–Kier alpha value is -2.18. The summed E-state index contributed by atoms with van der Waals surface area (Å²) < 4.78 is 21.8. The van der Waals surface area contributed by atoms with Gasteiger partial charge < -0.3 is 0 Å². The molecule has 0 aliphatic carbocycles. The molecule has 0 saturated carbocycles. The number of rotatable bonds is 3. The second-order valence-electron chi connectivity index (χ2n) is 4.10. The van der Waals surface area contributed by atoms with Crippen LogP contribution in [0.5, 0.6) is 0 Å². The highest BCUT2D eigenvalue weighted by molar-refractivity contribution is 7.80. The zero-order valence-electron chi connectivity index (χ0n) is 9.83. The van der Waals surface area contributed by atoms with E-state index >= 15 is 0 Å². The molecule has 6 heteroatoms. The number of aromatic amines is 1. The van der Waals surface area contributed by atoms with Gasteiger partial charge in [-0.25, -0.2) is 4.21 Å². The predicted molar refractivity (Wildman–Crippen MR) is 75.9 cm³/mol. The standard InChI is InChI=1S/C13H11N3O2S/c17-19(18)16-12-5-3-9(4-6-12)10-1-2-11-8-14-15-13(11)7-10/h1-8,16H,(H,14,15)(H,17,18). The van der Waals surface area contributed by atoms with Crippen LogP contribution in [0.4, 0.5) is 5.69 Å². The molecule has 96 valence electrons. The average molecular weight is 273 g/mol. The molecule has 0 aliphatic heterocycles. The quantitative estimate of drug-likeness (QED) is 0.642. The summed E-state index contributed by atoms with van der Waals surface area (Å²) in [5, 5.41) is 7.99. The Morgan fingerprint density at radius 2 is 1.84 bits per heavy atom. The zero-order chi connectivity index (χ0) is 13.2. The van der Waals surface area contributed by atoms with Crippen LogP contribution >= 0.6 is 0 Å². The highest BCUT2D eigenvalue weighted by Gasteiger charge is 2.02. The molecule has 0 fully saturated rings. The van der Waals surface area contributed by atoms with Crippen LogP contribution in [0.15, 0.2) is 48.7 Å². The van der Waals surface area contributed by atoms with Gasteiger partial charge in [-0.1, -0.05) is 24.3 Å². The Kier molecular flexibility index (Phi) is 3.02. The largest absolute Gasteiger partial charge is 0.289 e. The van der Waals surface area contributed by atoms with Gasteiger partial charge in [0, 0.05) is 11.1 Å². The van der Waals surface area contributed by atoms with Gasteiger partial charge in [-0.3, -0.25) is 14.4 Å². The fourth-order valence-electron chi connectivity index (χ4n) is 1.95. The summed E-state index contributed by atoms with van der Waals surface area (Å²) in [6, 6.07) is 13.4. The van der Waals surface area contributed by atoms with E-state index in [1.54, 1.807) is 18.3 Å². The summed E-state index contributed by atoms with van der Waals surface area (Å²) in [5.41, 5.74) is 3.68. The second kappa shape index (κ2) is 4.83. The van der Waals surface area contributed by atoms with E-state index < -0.39 is 11.3 Å². The number of anilines is 1. The van der Waals surface area contributed by atoms with Gasteiger partial charge in [0.15, 0.2) is 0 Å². The lowest BCUT2D eigenvalue weighted by atomic mass is 10.0. The van der Waals surface area contributed by atoms with Crippen molar-refractivity contribution in [3.05, 3.63) is 48.7 Å². The minimum Gasteiger partial charge on any atom is -0.289 e. The Bertz CT molecular complexity index is 737. The van der Waals surface area contributed by atoms with Gasteiger partial charge in [-0.2, -0.15) is 5.10 Å². The first kappa shape index (κ1) is 11.9. The maximum Gasteiger partial charge on any atom is 0.259 e. The first-order chi connectivity index (χ1) is 9.22. The van der Waals surface area contributed by atoms with E-state index in [0.717, 1.165) is 22.0 Å². The molecule has 1 atom stereocenters. The van der Waals surface area contributed by atoms with Crippen LogP contribution in [0.25, 0.3) is 22.0 Å². The topological polar surface area (TPSA) is 78.0 Å². The summed E-state index contributed by atoms with van der Waals surface area (Å²) in [7, 11) is 0. The van der Waals surface area contributed by atoms with Crippen LogP contribution in [-0.4, -0.2) is 19.0 Å². The molecule has 0 radical (unpaired) electrons. The van der Waals surface area contributed by atoms with Crippen LogP contribution in [0.2, 0.25) is 0 Å². The first-order valence-electron chi connectivity index (χ1n) is 5.63. The van der Waals surface area contributed by atoms with Crippen LogP contribution in [0.3, 0.4) is 0 Å². The number of hydrogen-bond acceptors (Lipinski definition) is 2. The fourth-order valence-corrected chi connectivity index (χ4v) is 2.29. The van der Waals surface area contributed by atoms with E-state index in [4.69, 9.17) is 4.55 Å². The number of H-pyrrole nitrogens is 1. The van der Waals surface area contributed by atoms with E-state index in [1.165, 1.54) is 0 Å². The lowest BCUT2D eigenvalue weighted by Crippen LogP contribution is -2.01. The monoisotopic (exact) mass is 273 g/mol. The molecule has 5 nitrogen and oxygen atoms in total. The minimum atomic E-state index is -2.04. The Morgan fingerprint density at radius 1 is 1.11 bits per heavy atom. The molecule has 0 aliphatic rings. The summed E-state index contributed by atoms with van der Waals surface area (Å²) in [6.45, 7) is 0. The SMILES string of the molecule is O=S(O)Nc1ccc(-c2ccc3cn[nH]c3c2)cc1. The minimum absolute atomic E-state index is 0.604. The highest BCUT2D eigenvalue weighted by atomic mass is 32.2. The van der Waals surface area contributed by atoms with Crippen LogP contribution < -0.4 is 4.72 Å². The molecule has 0 bridgehead atoms. The smallest absolute Gasteiger partial charge is 0.259 e. The van der Waals surface area contributed by atoms with Crippen molar-refractivity contribution in [1.29, 1.82) is 0 Å². The van der Waals surface area contributed by atoms with Crippen molar-refractivity contribution in [1.82, 2.24) is 10.2 Å². The number of fused-ring (bicyclic) bond motifs is 1. The third-order valence-corrected chi connectivity index (χ3v) is 3.28. The molecular formula is C13H11N3O2S. The van der Waals surface area contributed by atoms with Crippen molar-refractivity contribution in [2.24, 2.45) is 0 Å². The van der Waals surface area contributed by atoms with Crippen LogP contribution in [0, 0.1) is 0 Å². The first-order valence-corrected chi connectivity index (χ1v) is 6.74. The van der Waals surface area contributed by atoms with Crippen molar-refractivity contribution in [3.8, 4) is 11.1 Å². The van der Waals surface area contributed by atoms with Crippen LogP contribution in [0.1, 0.15) is 0 Å². The van der Waals surface area contributed by atoms with E-state index in [1.807, 2.05) is 30.3 Å². The van der Waals surface area contributed by atoms with Crippen molar-refractivity contribution < 1.29 is 8.76 Å². The third-order valence-electron chi connectivity index (χ3n) is 2.87. The fraction of sp³-hybridized carbons (Fsp3) is 0. The van der Waals surface area contributed by atoms with Crippen molar-refractivity contribution in [2.75, 3.05) is 4.72 Å². The molecule has 0 saturated heterocycles. The number of nitrogens with zero attached hydrogens (tertiary/aromatic N) is 1. The van der Waals surface area contributed by atoms with Crippen molar-refractivity contribution >= 4 is 27.9 Å². The maximum absolute atomic E-state index is 10.6. The number of benzene rings is 2. The molecule has 2 aromatic carbocycles. The van der Waals surface area contributed by atoms with Gasteiger partial charge >= 0.3 is 0 Å². The Balaban J connectivity index is 1.94. The lowest BCUT2D eigenvalue weighted by Gasteiger charge is -2.04. The van der Waals surface area contributed by atoms with Gasteiger partial charge in [-0.05, 0) is 29.3 Å². The lowest BCUT2D eigenvalue weighted by molar-refractivity contribution is 0.570. The van der Waals surface area contributed by atoms with Gasteiger partial charge in [0.1, 0.15) is 0 Å². The van der Waals surface area contributed by atoms with Gasteiger partial charge in [0.25, 0.3) is 11.3 Å². The average Bonchev–Trinajstić information content (AvgIpc) is 2.86. The van der Waals surface area contributed by atoms with Crippen LogP contribution in [-0.2, 0) is 11.3 Å². The van der Waals surface area contributed by atoms with Crippen molar-refractivity contribution in [3.63, 3.8) is 0 Å². The maximum atomic E-state index is 10.6. The van der Waals surface area contributed by atoms with Crippen molar-refractivity contribution in [2.45, 2.75) is 0 Å². The van der Waals surface area contributed by atoms with E-state index in [2.05, 4.69) is 14.9 Å². The molecule has 1 unspecified atom stereocenters. The van der Waals surface area contributed by atoms with E-state index in [9.17, 15) is 4.21 Å². The summed E-state index contributed by atoms with van der Waals surface area (Å²) in [6.07, 6.45) is 1.78. The number of hydrogen-bond donors (Lipinski definition) is 3. The molecule has 3 N–H and O–H groups in total. The number of aromatic nitrogens is 2. The molecule has 0 spiro atoms. The molecule has 3 aromatic rings. The van der Waals surface area contributed by atoms with Gasteiger partial charge in [0.05, 0.1) is 11.7 Å². The highest BCUT2D eigenvalue weighted by Crippen LogP contribution is 2.24. The Morgan fingerprint density at radius 3 is 2.58 bits per heavy atom. The Labute approximate surface area is 112 Å². The molecule has 19 heavy (non-hydrogen) atoms. The van der Waals surface area contributed by atoms with E-state index in [-0.39, 0.29) is 0 Å². The second-order valence-corrected chi connectivity index (χ2v) is 4.80. The van der Waals surface area contributed by atoms with Gasteiger partial charge in [0.2, 0.25) is 0 Å². The summed E-state index contributed by atoms with van der Waals surface area (Å²) in [4.78, 5) is 0. The molecule has 1 aromatic heterocycles. The molecule has 3 rings (SSSR count). The molecule has 0 amide bonds. The predicted octanol–water partition coefficient (Wildman–Crippen LogP) is 2.78. The van der Waals surface area contributed by atoms with E-state index in [0.29, 0.717) is 5.69 Å². The molecular weight excluding hydrogens is 262 g/mol. The summed E-state index contributed by atoms with van der Waals surface area (Å²) in [5.74, 6) is 0. The zero-order valence-corrected chi connectivity index (χ0v) is 10.6.